The monoisotopic (exact) mass is 766 g/mol. The van der Waals surface area contributed by atoms with Crippen molar-refractivity contribution in [1.82, 2.24) is 39.0 Å². The van der Waals surface area contributed by atoms with Gasteiger partial charge in [-0.15, -0.1) is 0 Å². The zero-order valence-electron chi connectivity index (χ0n) is 26.2. The van der Waals surface area contributed by atoms with E-state index < -0.39 is 88.0 Å². The maximum absolute atomic E-state index is 13.7. The first kappa shape index (κ1) is 36.5. The predicted octanol–water partition coefficient (Wildman–Crippen LogP) is -1.19. The fraction of sp³-hybridized carbons (Fsp3) is 0.565. The normalized spacial score (nSPS) is 29.5. The number of aliphatic hydroxyl groups excluding tert-OH is 1. The first-order valence-corrected chi connectivity index (χ1v) is 18.5. The molecule has 2 aliphatic heterocycles. The molecule has 8 N–H and O–H groups in total. The average molecular weight is 767 g/mol. The van der Waals surface area contributed by atoms with Crippen molar-refractivity contribution < 1.29 is 56.2 Å². The number of hydrogen-bond donors (Lipinski definition) is 7. The van der Waals surface area contributed by atoms with Gasteiger partial charge in [0.05, 0.1) is 25.9 Å². The summed E-state index contributed by atoms with van der Waals surface area (Å²) in [6, 6.07) is 0. The van der Waals surface area contributed by atoms with E-state index in [0.717, 1.165) is 7.11 Å². The zero-order valence-corrected chi connectivity index (χ0v) is 28.8. The van der Waals surface area contributed by atoms with E-state index in [0.29, 0.717) is 0 Å². The number of anilines is 2. The van der Waals surface area contributed by atoms with Crippen LogP contribution in [0, 0.1) is 0 Å². The first-order valence-electron chi connectivity index (χ1n) is 14.3. The molecule has 0 amide bonds. The van der Waals surface area contributed by atoms with Crippen LogP contribution in [-0.2, 0) is 46.2 Å². The molecular weight excluding hydrogens is 734 g/mol. The van der Waals surface area contributed by atoms with E-state index in [4.69, 9.17) is 44.0 Å². The van der Waals surface area contributed by atoms with Crippen molar-refractivity contribution in [2.45, 2.75) is 49.1 Å². The molecule has 4 aromatic heterocycles. The number of hydrogen-bond acceptors (Lipinski definition) is 19. The van der Waals surface area contributed by atoms with Gasteiger partial charge in [0.15, 0.2) is 34.8 Å². The van der Waals surface area contributed by atoms with Crippen LogP contribution in [0.15, 0.2) is 22.2 Å². The van der Waals surface area contributed by atoms with Gasteiger partial charge in [0.25, 0.3) is 11.1 Å². The number of phosphoric ester groups is 1. The van der Waals surface area contributed by atoms with Gasteiger partial charge in [-0.1, -0.05) is 12.2 Å². The number of fused-ring (bicyclic) bond motifs is 2. The number of nitrogens with two attached hydrogens (primary N) is 2. The summed E-state index contributed by atoms with van der Waals surface area (Å²) in [7, 11) is -1.000. The standard InChI is InChI=1S/C23H32N10O14P2S/c1-40-14-12(34)8(45-20(14)32-6-26-10-16(32)28-22(24)30-18(10)35)4-44-49(39,50)47-13-9(5-43-48(37,38)42-3)46-21(15(13)41-2)33-7-27-11-17(33)29-23(25)31-19(11)36/h6-9,12-15,20-21,34H,4-5H2,1-3H3,(H,37,38)(H,39,50)(H3,24,28,30,35)(H3,25,29,31,36)/t8-,9-,12?,13?,14?,15?,20-,21-,49+/m1/s1. The SMILES string of the molecule is COC1C(O)[C@@H](CO[P@](=O)(S)OC2C(OC)[C@H](n3cnc4c(=O)[nH]c(N)nc43)O[C@@H]2COP(=O)(O)OC)O[C@H]1n1cnc2c(=O)[nH]c(N)nc21. The number of aliphatic hydroxyl groups is 1. The first-order chi connectivity index (χ1) is 23.7. The Labute approximate surface area is 284 Å². The Balaban J connectivity index is 1.22. The fourth-order valence-corrected chi connectivity index (χ4v) is 7.54. The van der Waals surface area contributed by atoms with Gasteiger partial charge in [0, 0.05) is 21.3 Å². The summed E-state index contributed by atoms with van der Waals surface area (Å²) in [5.41, 5.74) is 10.1. The average Bonchev–Trinajstić information content (AvgIpc) is 3.82. The van der Waals surface area contributed by atoms with Crippen molar-refractivity contribution in [1.29, 1.82) is 0 Å². The third-order valence-electron chi connectivity index (χ3n) is 7.88. The molecule has 27 heteroatoms. The topological polar surface area (TPSA) is 328 Å². The molecule has 0 saturated carbocycles. The van der Waals surface area contributed by atoms with Crippen molar-refractivity contribution in [3.63, 3.8) is 0 Å². The molecule has 24 nitrogen and oxygen atoms in total. The number of nitrogens with one attached hydrogen (secondary N) is 2. The number of ether oxygens (including phenoxy) is 4. The van der Waals surface area contributed by atoms with Crippen LogP contribution >= 0.6 is 26.9 Å². The van der Waals surface area contributed by atoms with E-state index in [9.17, 15) is 28.7 Å². The molecule has 0 spiro atoms. The molecule has 2 aliphatic rings. The largest absolute Gasteiger partial charge is 0.472 e. The number of nitrogens with zero attached hydrogens (tertiary/aromatic N) is 6. The Morgan fingerprint density at radius 3 is 1.88 bits per heavy atom. The molecule has 0 aliphatic carbocycles. The van der Waals surface area contributed by atoms with Crippen molar-refractivity contribution in [3.8, 4) is 0 Å². The van der Waals surface area contributed by atoms with E-state index in [1.165, 1.54) is 36.0 Å². The number of imidazole rings is 2. The van der Waals surface area contributed by atoms with Gasteiger partial charge in [-0.3, -0.25) is 46.8 Å². The quantitative estimate of drug-likeness (QED) is 0.0621. The summed E-state index contributed by atoms with van der Waals surface area (Å²) in [4.78, 5) is 55.5. The Kier molecular flexibility index (Phi) is 10.2. The minimum atomic E-state index is -4.54. The summed E-state index contributed by atoms with van der Waals surface area (Å²) in [6.45, 7) is -5.65. The molecule has 0 bridgehead atoms. The lowest BCUT2D eigenvalue weighted by Crippen LogP contribution is -2.37. The van der Waals surface area contributed by atoms with Crippen molar-refractivity contribution in [2.24, 2.45) is 0 Å². The highest BCUT2D eigenvalue weighted by molar-refractivity contribution is 8.44. The molecule has 5 unspecified atom stereocenters. The molecule has 2 fully saturated rings. The lowest BCUT2D eigenvalue weighted by Gasteiger charge is -2.26. The van der Waals surface area contributed by atoms with Gasteiger partial charge in [0.2, 0.25) is 11.9 Å². The molecule has 274 valence electrons. The van der Waals surface area contributed by atoms with Crippen molar-refractivity contribution in [3.05, 3.63) is 33.4 Å². The second kappa shape index (κ2) is 14.0. The number of aromatic nitrogens is 8. The van der Waals surface area contributed by atoms with Gasteiger partial charge in [0.1, 0.15) is 36.6 Å². The van der Waals surface area contributed by atoms with Crippen molar-refractivity contribution in [2.75, 3.05) is 46.0 Å². The third-order valence-corrected chi connectivity index (χ3v) is 10.4. The van der Waals surface area contributed by atoms with Gasteiger partial charge in [-0.2, -0.15) is 9.97 Å². The van der Waals surface area contributed by atoms with E-state index >= 15 is 0 Å². The number of H-pyrrole nitrogens is 2. The van der Waals surface area contributed by atoms with E-state index in [2.05, 4.69) is 46.7 Å². The minimum absolute atomic E-state index is 0.00330. The number of rotatable bonds is 13. The fourth-order valence-electron chi connectivity index (χ4n) is 5.61. The number of aromatic amines is 2. The lowest BCUT2D eigenvalue weighted by atomic mass is 10.1. The Morgan fingerprint density at radius 2 is 1.36 bits per heavy atom. The van der Waals surface area contributed by atoms with Crippen molar-refractivity contribution >= 4 is 61.1 Å². The summed E-state index contributed by atoms with van der Waals surface area (Å²) < 4.78 is 72.4. The van der Waals surface area contributed by atoms with Gasteiger partial charge >= 0.3 is 14.6 Å². The minimum Gasteiger partial charge on any atom is -0.387 e. The molecule has 6 heterocycles. The predicted molar refractivity (Wildman–Crippen MR) is 171 cm³/mol. The number of nitrogen functional groups attached to an aromatic ring is 2. The van der Waals surface area contributed by atoms with Gasteiger partial charge < -0.3 is 40.4 Å². The highest BCUT2D eigenvalue weighted by Gasteiger charge is 2.52. The second-order valence-corrected chi connectivity index (χ2v) is 15.3. The van der Waals surface area contributed by atoms with Crippen LogP contribution < -0.4 is 22.6 Å². The maximum Gasteiger partial charge on any atom is 0.472 e. The second-order valence-electron chi connectivity index (χ2n) is 10.9. The van der Waals surface area contributed by atoms with Crippen LogP contribution in [0.2, 0.25) is 0 Å². The molecule has 0 radical (unpaired) electrons. The van der Waals surface area contributed by atoms with E-state index in [-0.39, 0.29) is 34.2 Å². The summed E-state index contributed by atoms with van der Waals surface area (Å²) in [6.07, 6.45) is -7.27. The summed E-state index contributed by atoms with van der Waals surface area (Å²) in [5, 5.41) is 11.0. The van der Waals surface area contributed by atoms with Crippen LogP contribution in [-0.4, -0.2) is 120 Å². The molecule has 2 saturated heterocycles. The molecule has 50 heavy (non-hydrogen) atoms. The Hall–Kier alpha value is -3.29. The van der Waals surface area contributed by atoms with Crippen LogP contribution in [0.5, 0.6) is 0 Å². The number of phosphoric acid groups is 1. The highest BCUT2D eigenvalue weighted by atomic mass is 32.7. The molecule has 4 aromatic rings. The zero-order chi connectivity index (χ0) is 36.1. The van der Waals surface area contributed by atoms with E-state index in [1.54, 1.807) is 0 Å². The van der Waals surface area contributed by atoms with E-state index in [1.807, 2.05) is 0 Å². The number of methoxy groups -OCH3 is 2. The van der Waals surface area contributed by atoms with Gasteiger partial charge in [-0.25, -0.2) is 19.1 Å². The van der Waals surface area contributed by atoms with Gasteiger partial charge in [-0.05, 0) is 0 Å². The molecule has 6 rings (SSSR count). The molecular formula is C23H32N10O14P2S. The Morgan fingerprint density at radius 1 is 0.860 bits per heavy atom. The Bertz CT molecular complexity index is 2090. The lowest BCUT2D eigenvalue weighted by molar-refractivity contribution is -0.0584. The van der Waals surface area contributed by atoms with Crippen LogP contribution in [0.25, 0.3) is 22.3 Å². The van der Waals surface area contributed by atoms with Crippen LogP contribution in [0.3, 0.4) is 0 Å². The van der Waals surface area contributed by atoms with Crippen LogP contribution in [0.1, 0.15) is 12.5 Å². The third kappa shape index (κ3) is 6.97. The number of thiol groups is 1. The van der Waals surface area contributed by atoms with Crippen LogP contribution in [0.4, 0.5) is 11.9 Å². The maximum atomic E-state index is 13.7. The summed E-state index contributed by atoms with van der Waals surface area (Å²) in [5.74, 6) is -0.400. The summed E-state index contributed by atoms with van der Waals surface area (Å²) >= 11 is 4.11. The molecule has 0 aromatic carbocycles. The smallest absolute Gasteiger partial charge is 0.387 e. The molecule has 10 atom stereocenters. The highest BCUT2D eigenvalue weighted by Crippen LogP contribution is 2.57.